The molecular formula is C26H28N2. The quantitative estimate of drug-likeness (QED) is 0.468. The van der Waals surface area contributed by atoms with Gasteiger partial charge in [-0.05, 0) is 77.4 Å². The summed E-state index contributed by atoms with van der Waals surface area (Å²) in [5.74, 6) is 0.558. The van der Waals surface area contributed by atoms with Crippen LogP contribution < -0.4 is 4.90 Å². The molecule has 0 unspecified atom stereocenters. The van der Waals surface area contributed by atoms with Crippen molar-refractivity contribution in [1.82, 2.24) is 0 Å². The normalized spacial score (nSPS) is 13.5. The van der Waals surface area contributed by atoms with Gasteiger partial charge in [0.1, 0.15) is 0 Å². The summed E-state index contributed by atoms with van der Waals surface area (Å²) >= 11 is 0. The Morgan fingerprint density at radius 3 is 1.93 bits per heavy atom. The Labute approximate surface area is 168 Å². The maximum atomic E-state index is 4.64. The molecule has 142 valence electrons. The van der Waals surface area contributed by atoms with Gasteiger partial charge in [-0.15, -0.1) is 0 Å². The molecule has 28 heavy (non-hydrogen) atoms. The van der Waals surface area contributed by atoms with E-state index in [-0.39, 0.29) is 0 Å². The third-order valence-electron chi connectivity index (χ3n) is 5.72. The molecule has 2 nitrogen and oxygen atoms in total. The second kappa shape index (κ2) is 7.63. The Hall–Kier alpha value is -2.87. The van der Waals surface area contributed by atoms with E-state index in [1.807, 2.05) is 6.21 Å². The molecule has 0 aromatic heterocycles. The topological polar surface area (TPSA) is 15.6 Å². The Bertz CT molecular complexity index is 965. The van der Waals surface area contributed by atoms with Crippen LogP contribution in [0.4, 0.5) is 11.4 Å². The molecular weight excluding hydrogens is 340 g/mol. The third-order valence-corrected chi connectivity index (χ3v) is 5.72. The lowest BCUT2D eigenvalue weighted by molar-refractivity contribution is 0.866. The van der Waals surface area contributed by atoms with Crippen molar-refractivity contribution in [2.75, 3.05) is 4.90 Å². The van der Waals surface area contributed by atoms with E-state index < -0.39 is 0 Å². The predicted molar refractivity (Wildman–Crippen MR) is 120 cm³/mol. The number of fused-ring (bicyclic) bond motifs is 1. The highest BCUT2D eigenvalue weighted by atomic mass is 15.1. The van der Waals surface area contributed by atoms with Crippen LogP contribution in [0.2, 0.25) is 0 Å². The van der Waals surface area contributed by atoms with Crippen molar-refractivity contribution in [3.05, 3.63) is 94.0 Å². The Morgan fingerprint density at radius 1 is 0.821 bits per heavy atom. The lowest BCUT2D eigenvalue weighted by Crippen LogP contribution is -2.13. The zero-order valence-corrected chi connectivity index (χ0v) is 17.2. The Morgan fingerprint density at radius 2 is 1.39 bits per heavy atom. The SMILES string of the molecule is Cc1cc2c(cc1C)CN(c1ccc(N=Cc3ccc(C(C)C)cc3)cc1)C2. The molecule has 4 rings (SSSR count). The molecule has 0 saturated heterocycles. The molecule has 0 bridgehead atoms. The van der Waals surface area contributed by atoms with Crippen molar-refractivity contribution < 1.29 is 0 Å². The monoisotopic (exact) mass is 368 g/mol. The van der Waals surface area contributed by atoms with Crippen LogP contribution in [0.15, 0.2) is 65.7 Å². The highest BCUT2D eigenvalue weighted by Crippen LogP contribution is 2.31. The number of rotatable bonds is 4. The maximum Gasteiger partial charge on any atom is 0.0631 e. The van der Waals surface area contributed by atoms with Crippen LogP contribution in [0.3, 0.4) is 0 Å². The van der Waals surface area contributed by atoms with Gasteiger partial charge in [-0.25, -0.2) is 0 Å². The average molecular weight is 369 g/mol. The minimum Gasteiger partial charge on any atom is -0.363 e. The van der Waals surface area contributed by atoms with Crippen LogP contribution in [0.1, 0.15) is 53.1 Å². The summed E-state index contributed by atoms with van der Waals surface area (Å²) in [6.45, 7) is 10.8. The summed E-state index contributed by atoms with van der Waals surface area (Å²) in [5, 5.41) is 0. The third kappa shape index (κ3) is 3.87. The van der Waals surface area contributed by atoms with Gasteiger partial charge in [0.25, 0.3) is 0 Å². The molecule has 1 aliphatic rings. The molecule has 3 aromatic rings. The largest absolute Gasteiger partial charge is 0.363 e. The van der Waals surface area contributed by atoms with E-state index in [1.165, 1.54) is 33.5 Å². The van der Waals surface area contributed by atoms with E-state index >= 15 is 0 Å². The van der Waals surface area contributed by atoms with Crippen molar-refractivity contribution in [2.24, 2.45) is 4.99 Å². The van der Waals surface area contributed by atoms with E-state index in [4.69, 9.17) is 0 Å². The van der Waals surface area contributed by atoms with Gasteiger partial charge in [0.2, 0.25) is 0 Å². The lowest BCUT2D eigenvalue weighted by Gasteiger charge is -2.17. The Balaban J connectivity index is 1.44. The molecule has 3 aromatic carbocycles. The van der Waals surface area contributed by atoms with Gasteiger partial charge in [0.15, 0.2) is 0 Å². The van der Waals surface area contributed by atoms with Crippen molar-refractivity contribution >= 4 is 17.6 Å². The van der Waals surface area contributed by atoms with Crippen LogP contribution >= 0.6 is 0 Å². The van der Waals surface area contributed by atoms with Crippen LogP contribution in [0, 0.1) is 13.8 Å². The number of nitrogens with zero attached hydrogens (tertiary/aromatic N) is 2. The molecule has 0 aliphatic carbocycles. The molecule has 0 saturated carbocycles. The molecule has 0 fully saturated rings. The number of aliphatic imine (C=N–C) groups is 1. The van der Waals surface area contributed by atoms with Gasteiger partial charge < -0.3 is 4.90 Å². The minimum absolute atomic E-state index is 0.558. The number of hydrogen-bond donors (Lipinski definition) is 0. The maximum absolute atomic E-state index is 4.64. The van der Waals surface area contributed by atoms with E-state index in [0.717, 1.165) is 24.3 Å². The number of anilines is 1. The molecule has 0 N–H and O–H groups in total. The fourth-order valence-corrected chi connectivity index (χ4v) is 3.75. The number of benzene rings is 3. The van der Waals surface area contributed by atoms with Gasteiger partial charge in [0, 0.05) is 25.0 Å². The van der Waals surface area contributed by atoms with Crippen molar-refractivity contribution in [2.45, 2.75) is 46.7 Å². The fourth-order valence-electron chi connectivity index (χ4n) is 3.75. The van der Waals surface area contributed by atoms with Gasteiger partial charge in [-0.1, -0.05) is 50.2 Å². The zero-order valence-electron chi connectivity index (χ0n) is 17.2. The van der Waals surface area contributed by atoms with E-state index in [1.54, 1.807) is 0 Å². The molecule has 2 heteroatoms. The highest BCUT2D eigenvalue weighted by Gasteiger charge is 2.19. The van der Waals surface area contributed by atoms with Crippen molar-refractivity contribution in [3.8, 4) is 0 Å². The van der Waals surface area contributed by atoms with Crippen LogP contribution in [0.25, 0.3) is 0 Å². The first-order chi connectivity index (χ1) is 13.5. The van der Waals surface area contributed by atoms with E-state index in [9.17, 15) is 0 Å². The predicted octanol–water partition coefficient (Wildman–Crippen LogP) is 6.70. The van der Waals surface area contributed by atoms with Gasteiger partial charge >= 0.3 is 0 Å². The first kappa shape index (κ1) is 18.5. The van der Waals surface area contributed by atoms with E-state index in [0.29, 0.717) is 5.92 Å². The van der Waals surface area contributed by atoms with Gasteiger partial charge in [-0.2, -0.15) is 0 Å². The summed E-state index contributed by atoms with van der Waals surface area (Å²) < 4.78 is 0. The summed E-state index contributed by atoms with van der Waals surface area (Å²) in [6.07, 6.45) is 1.94. The summed E-state index contributed by atoms with van der Waals surface area (Å²) in [6, 6.07) is 21.9. The van der Waals surface area contributed by atoms with Gasteiger partial charge in [0.05, 0.1) is 5.69 Å². The molecule has 0 radical (unpaired) electrons. The highest BCUT2D eigenvalue weighted by molar-refractivity contribution is 5.82. The molecule has 1 aliphatic heterocycles. The standard InChI is InChI=1S/C26H28N2/c1-18(2)22-7-5-21(6-8-22)15-27-25-9-11-26(12-10-25)28-16-23-13-19(3)20(4)14-24(23)17-28/h5-15,18H,16-17H2,1-4H3. The van der Waals surface area contributed by atoms with Crippen LogP contribution in [-0.2, 0) is 13.1 Å². The summed E-state index contributed by atoms with van der Waals surface area (Å²) in [7, 11) is 0. The summed E-state index contributed by atoms with van der Waals surface area (Å²) in [5.41, 5.74) is 10.4. The fraction of sp³-hybridized carbons (Fsp3) is 0.269. The first-order valence-corrected chi connectivity index (χ1v) is 10.1. The second-order valence-electron chi connectivity index (χ2n) is 8.16. The van der Waals surface area contributed by atoms with Crippen LogP contribution in [0.5, 0.6) is 0 Å². The molecule has 0 amide bonds. The number of aryl methyl sites for hydroxylation is 2. The minimum atomic E-state index is 0.558. The molecule has 1 heterocycles. The zero-order chi connectivity index (χ0) is 19.7. The molecule has 0 spiro atoms. The smallest absolute Gasteiger partial charge is 0.0631 e. The van der Waals surface area contributed by atoms with E-state index in [2.05, 4.69) is 98.3 Å². The number of hydrogen-bond acceptors (Lipinski definition) is 2. The summed E-state index contributed by atoms with van der Waals surface area (Å²) in [4.78, 5) is 7.07. The average Bonchev–Trinajstić information content (AvgIpc) is 3.10. The first-order valence-electron chi connectivity index (χ1n) is 10.1. The lowest BCUT2D eigenvalue weighted by atomic mass is 10.0. The van der Waals surface area contributed by atoms with Crippen molar-refractivity contribution in [1.29, 1.82) is 0 Å². The van der Waals surface area contributed by atoms with Crippen molar-refractivity contribution in [3.63, 3.8) is 0 Å². The van der Waals surface area contributed by atoms with Gasteiger partial charge in [-0.3, -0.25) is 4.99 Å². The second-order valence-corrected chi connectivity index (χ2v) is 8.16. The Kier molecular flexibility index (Phi) is 5.04. The molecule has 0 atom stereocenters. The van der Waals surface area contributed by atoms with Crippen LogP contribution in [-0.4, -0.2) is 6.21 Å².